The number of hydrogen-bond donors (Lipinski definition) is 0. The Balaban J connectivity index is 1.50. The van der Waals surface area contributed by atoms with Gasteiger partial charge in [0.25, 0.3) is 0 Å². The second-order valence-electron chi connectivity index (χ2n) is 5.59. The summed E-state index contributed by atoms with van der Waals surface area (Å²) in [5, 5.41) is 9.55. The molecule has 0 fully saturated rings. The van der Waals surface area contributed by atoms with Gasteiger partial charge in [0.05, 0.1) is 5.69 Å². The molecule has 4 rings (SSSR count). The van der Waals surface area contributed by atoms with Crippen molar-refractivity contribution in [1.29, 1.82) is 0 Å². The van der Waals surface area contributed by atoms with Crippen LogP contribution in [-0.2, 0) is 12.3 Å². The highest BCUT2D eigenvalue weighted by molar-refractivity contribution is 7.98. The van der Waals surface area contributed by atoms with Crippen LogP contribution in [0.1, 0.15) is 12.6 Å². The first-order chi connectivity index (χ1) is 12.8. The highest BCUT2D eigenvalue weighted by atomic mass is 32.2. The van der Waals surface area contributed by atoms with E-state index in [9.17, 15) is 0 Å². The van der Waals surface area contributed by atoms with Crippen LogP contribution in [0.2, 0.25) is 0 Å². The molecule has 130 valence electrons. The predicted octanol–water partition coefficient (Wildman–Crippen LogP) is 4.31. The molecule has 4 aromatic rings. The average molecular weight is 363 g/mol. The maximum absolute atomic E-state index is 5.60. The maximum atomic E-state index is 5.60. The summed E-state index contributed by atoms with van der Waals surface area (Å²) in [7, 11) is 0. The standard InChI is InChI=1S/C19H17N5OS/c1-2-24-17(14-8-10-20-11-9-14)22-23-19(24)26-13-16-12-25-18(21-16)15-6-4-3-5-7-15/h3-12H,2,13H2,1H3. The normalized spacial score (nSPS) is 11.0. The lowest BCUT2D eigenvalue weighted by molar-refractivity contribution is 0.573. The second-order valence-corrected chi connectivity index (χ2v) is 6.53. The fourth-order valence-electron chi connectivity index (χ4n) is 2.62. The largest absolute Gasteiger partial charge is 0.444 e. The zero-order valence-electron chi connectivity index (χ0n) is 14.2. The van der Waals surface area contributed by atoms with Gasteiger partial charge in [0.1, 0.15) is 6.26 Å². The van der Waals surface area contributed by atoms with Crippen LogP contribution in [0.3, 0.4) is 0 Å². The lowest BCUT2D eigenvalue weighted by Crippen LogP contribution is -2.00. The van der Waals surface area contributed by atoms with Crippen LogP contribution in [0.15, 0.2) is 70.7 Å². The van der Waals surface area contributed by atoms with Gasteiger partial charge in [0.15, 0.2) is 11.0 Å². The van der Waals surface area contributed by atoms with Crippen molar-refractivity contribution in [1.82, 2.24) is 24.7 Å². The highest BCUT2D eigenvalue weighted by Gasteiger charge is 2.14. The van der Waals surface area contributed by atoms with Crippen molar-refractivity contribution < 1.29 is 4.42 Å². The Morgan fingerprint density at radius 3 is 2.58 bits per heavy atom. The predicted molar refractivity (Wildman–Crippen MR) is 100 cm³/mol. The molecule has 7 heteroatoms. The van der Waals surface area contributed by atoms with E-state index in [1.807, 2.05) is 42.5 Å². The molecule has 0 aliphatic carbocycles. The number of nitrogens with zero attached hydrogens (tertiary/aromatic N) is 5. The fourth-order valence-corrected chi connectivity index (χ4v) is 3.50. The molecule has 0 amide bonds. The van der Waals surface area contributed by atoms with Gasteiger partial charge in [0.2, 0.25) is 5.89 Å². The van der Waals surface area contributed by atoms with Gasteiger partial charge in [0, 0.05) is 35.8 Å². The van der Waals surface area contributed by atoms with E-state index in [1.54, 1.807) is 30.4 Å². The number of thioether (sulfide) groups is 1. The Morgan fingerprint density at radius 2 is 1.81 bits per heavy atom. The van der Waals surface area contributed by atoms with E-state index < -0.39 is 0 Å². The van der Waals surface area contributed by atoms with Crippen LogP contribution < -0.4 is 0 Å². The zero-order valence-corrected chi connectivity index (χ0v) is 15.1. The van der Waals surface area contributed by atoms with Gasteiger partial charge in [-0.25, -0.2) is 4.98 Å². The summed E-state index contributed by atoms with van der Waals surface area (Å²) in [6, 6.07) is 13.8. The molecule has 0 saturated heterocycles. The summed E-state index contributed by atoms with van der Waals surface area (Å²) in [5.41, 5.74) is 2.86. The number of benzene rings is 1. The molecule has 0 bridgehead atoms. The number of rotatable bonds is 6. The highest BCUT2D eigenvalue weighted by Crippen LogP contribution is 2.27. The molecular formula is C19H17N5OS. The molecule has 3 aromatic heterocycles. The lowest BCUT2D eigenvalue weighted by atomic mass is 10.2. The van der Waals surface area contributed by atoms with E-state index >= 15 is 0 Å². The molecule has 1 aromatic carbocycles. The zero-order chi connectivity index (χ0) is 17.8. The molecular weight excluding hydrogens is 346 g/mol. The second kappa shape index (κ2) is 7.53. The first kappa shape index (κ1) is 16.5. The number of oxazole rings is 1. The molecule has 0 radical (unpaired) electrons. The van der Waals surface area contributed by atoms with Crippen molar-refractivity contribution in [3.63, 3.8) is 0 Å². The van der Waals surface area contributed by atoms with Gasteiger partial charge in [-0.2, -0.15) is 0 Å². The minimum Gasteiger partial charge on any atom is -0.444 e. The first-order valence-corrected chi connectivity index (χ1v) is 9.30. The van der Waals surface area contributed by atoms with E-state index in [0.29, 0.717) is 11.6 Å². The van der Waals surface area contributed by atoms with Crippen molar-refractivity contribution >= 4 is 11.8 Å². The number of pyridine rings is 1. The van der Waals surface area contributed by atoms with Crippen molar-refractivity contribution in [2.75, 3.05) is 0 Å². The third-order valence-electron chi connectivity index (χ3n) is 3.89. The molecule has 0 aliphatic heterocycles. The van der Waals surface area contributed by atoms with Crippen LogP contribution in [0.25, 0.3) is 22.8 Å². The average Bonchev–Trinajstić information content (AvgIpc) is 3.34. The summed E-state index contributed by atoms with van der Waals surface area (Å²) >= 11 is 1.60. The van der Waals surface area contributed by atoms with Crippen LogP contribution in [0.5, 0.6) is 0 Å². The van der Waals surface area contributed by atoms with Gasteiger partial charge >= 0.3 is 0 Å². The Bertz CT molecular complexity index is 982. The van der Waals surface area contributed by atoms with Gasteiger partial charge in [-0.1, -0.05) is 30.0 Å². The van der Waals surface area contributed by atoms with E-state index in [4.69, 9.17) is 4.42 Å². The van der Waals surface area contributed by atoms with Crippen LogP contribution >= 0.6 is 11.8 Å². The van der Waals surface area contributed by atoms with Crippen molar-refractivity contribution in [3.05, 3.63) is 66.8 Å². The Kier molecular flexibility index (Phi) is 4.79. The third kappa shape index (κ3) is 3.39. The SMILES string of the molecule is CCn1c(SCc2coc(-c3ccccc3)n2)nnc1-c1ccncc1. The minimum atomic E-state index is 0.635. The van der Waals surface area contributed by atoms with E-state index in [0.717, 1.165) is 34.3 Å². The topological polar surface area (TPSA) is 69.6 Å². The van der Waals surface area contributed by atoms with Crippen molar-refractivity contribution in [3.8, 4) is 22.8 Å². The summed E-state index contributed by atoms with van der Waals surface area (Å²) < 4.78 is 7.69. The summed E-state index contributed by atoms with van der Waals surface area (Å²) in [6.45, 7) is 2.88. The van der Waals surface area contributed by atoms with Gasteiger partial charge in [-0.05, 0) is 31.2 Å². The van der Waals surface area contributed by atoms with Gasteiger partial charge in [-0.3, -0.25) is 4.98 Å². The summed E-state index contributed by atoms with van der Waals surface area (Å²) in [5.74, 6) is 2.16. The first-order valence-electron chi connectivity index (χ1n) is 8.31. The molecule has 3 heterocycles. The monoisotopic (exact) mass is 363 g/mol. The molecule has 0 spiro atoms. The van der Waals surface area contributed by atoms with Crippen molar-refractivity contribution in [2.24, 2.45) is 0 Å². The quantitative estimate of drug-likeness (QED) is 0.476. The van der Waals surface area contributed by atoms with E-state index in [1.165, 1.54) is 0 Å². The minimum absolute atomic E-state index is 0.635. The molecule has 0 N–H and O–H groups in total. The Hall–Kier alpha value is -2.93. The van der Waals surface area contributed by atoms with Crippen LogP contribution in [0, 0.1) is 0 Å². The lowest BCUT2D eigenvalue weighted by Gasteiger charge is -2.06. The molecule has 6 nitrogen and oxygen atoms in total. The van der Waals surface area contributed by atoms with Gasteiger partial charge in [-0.15, -0.1) is 10.2 Å². The third-order valence-corrected chi connectivity index (χ3v) is 4.89. The molecule has 0 unspecified atom stereocenters. The molecule has 0 aliphatic rings. The molecule has 26 heavy (non-hydrogen) atoms. The van der Waals surface area contributed by atoms with E-state index in [-0.39, 0.29) is 0 Å². The Labute approximate surface area is 155 Å². The van der Waals surface area contributed by atoms with Gasteiger partial charge < -0.3 is 8.98 Å². The number of aromatic nitrogens is 5. The van der Waals surface area contributed by atoms with Crippen LogP contribution in [-0.4, -0.2) is 24.7 Å². The maximum Gasteiger partial charge on any atom is 0.226 e. The number of hydrogen-bond acceptors (Lipinski definition) is 6. The van der Waals surface area contributed by atoms with Crippen molar-refractivity contribution in [2.45, 2.75) is 24.4 Å². The Morgan fingerprint density at radius 1 is 1.00 bits per heavy atom. The molecule has 0 saturated carbocycles. The smallest absolute Gasteiger partial charge is 0.226 e. The summed E-state index contributed by atoms with van der Waals surface area (Å²) in [4.78, 5) is 8.62. The summed E-state index contributed by atoms with van der Waals surface area (Å²) in [6.07, 6.45) is 5.22. The van der Waals surface area contributed by atoms with Crippen LogP contribution in [0.4, 0.5) is 0 Å². The van der Waals surface area contributed by atoms with E-state index in [2.05, 4.69) is 31.7 Å². The fraction of sp³-hybridized carbons (Fsp3) is 0.158. The molecule has 0 atom stereocenters.